The Kier molecular flexibility index (Phi) is 6.42. The van der Waals surface area contributed by atoms with E-state index in [1.807, 2.05) is 0 Å². The largest absolute Gasteiger partial charge is 0.473 e. The lowest BCUT2D eigenvalue weighted by atomic mass is 9.94. The molecule has 2 aromatic rings. The van der Waals surface area contributed by atoms with Crippen LogP contribution in [-0.4, -0.2) is 43.7 Å². The highest BCUT2D eigenvalue weighted by atomic mass is 32.2. The van der Waals surface area contributed by atoms with Crippen molar-refractivity contribution in [2.75, 3.05) is 12.4 Å². The van der Waals surface area contributed by atoms with Crippen molar-refractivity contribution in [3.05, 3.63) is 42.9 Å². The Morgan fingerprint density at radius 1 is 1.11 bits per heavy atom. The topological polar surface area (TPSA) is 120 Å². The number of nitrogens with one attached hydrogen (secondary N) is 2. The Labute approximate surface area is 163 Å². The zero-order valence-corrected chi connectivity index (χ0v) is 16.2. The van der Waals surface area contributed by atoms with Gasteiger partial charge in [0.05, 0.1) is 18.2 Å². The summed E-state index contributed by atoms with van der Waals surface area (Å²) in [5, 5.41) is 2.48. The monoisotopic (exact) mass is 406 g/mol. The zero-order valence-electron chi connectivity index (χ0n) is 15.4. The van der Waals surface area contributed by atoms with Crippen LogP contribution in [0, 0.1) is 0 Å². The summed E-state index contributed by atoms with van der Waals surface area (Å²) in [6, 6.07) is 5.75. The maximum Gasteiger partial charge on any atom is 0.411 e. The van der Waals surface area contributed by atoms with Gasteiger partial charge >= 0.3 is 6.09 Å². The van der Waals surface area contributed by atoms with E-state index < -0.39 is 16.1 Å². The molecule has 150 valence electrons. The molecule has 1 aliphatic carbocycles. The Balaban J connectivity index is 1.53. The van der Waals surface area contributed by atoms with Crippen LogP contribution in [0.5, 0.6) is 5.88 Å². The fourth-order valence-corrected chi connectivity index (χ4v) is 4.29. The molecule has 0 atom stereocenters. The Hall–Kier alpha value is -2.72. The van der Waals surface area contributed by atoms with Gasteiger partial charge in [-0.2, -0.15) is 0 Å². The number of nitrogens with zero attached hydrogens (tertiary/aromatic N) is 2. The summed E-state index contributed by atoms with van der Waals surface area (Å²) in [5.41, 5.74) is 0.451. The van der Waals surface area contributed by atoms with Crippen LogP contribution >= 0.6 is 0 Å². The third kappa shape index (κ3) is 5.40. The van der Waals surface area contributed by atoms with Crippen molar-refractivity contribution in [2.45, 2.75) is 42.7 Å². The number of carbonyl (C=O) groups excluding carboxylic acids is 1. The number of sulfonamides is 1. The number of hydrogen-bond acceptors (Lipinski definition) is 7. The van der Waals surface area contributed by atoms with Gasteiger partial charge in [0, 0.05) is 24.1 Å². The minimum atomic E-state index is -3.64. The van der Waals surface area contributed by atoms with E-state index in [1.54, 1.807) is 18.6 Å². The molecule has 3 rings (SSSR count). The van der Waals surface area contributed by atoms with Crippen molar-refractivity contribution >= 4 is 21.8 Å². The van der Waals surface area contributed by atoms with E-state index in [9.17, 15) is 13.2 Å². The van der Waals surface area contributed by atoms with Crippen LogP contribution in [0.15, 0.2) is 47.8 Å². The maximum absolute atomic E-state index is 12.6. The number of aromatic nitrogens is 2. The Bertz CT molecular complexity index is 882. The molecule has 0 spiro atoms. The number of amides is 1. The quantitative estimate of drug-likeness (QED) is 0.755. The van der Waals surface area contributed by atoms with Crippen molar-refractivity contribution in [3.8, 4) is 5.88 Å². The molecule has 1 saturated carbocycles. The molecule has 1 fully saturated rings. The van der Waals surface area contributed by atoms with Gasteiger partial charge in [0.1, 0.15) is 6.10 Å². The fraction of sp³-hybridized carbons (Fsp3) is 0.389. The third-order valence-corrected chi connectivity index (χ3v) is 5.96. The number of benzene rings is 1. The summed E-state index contributed by atoms with van der Waals surface area (Å²) in [7, 11) is -2.39. The molecule has 1 amide bonds. The highest BCUT2D eigenvalue weighted by Gasteiger charge is 2.27. The molecule has 1 aromatic heterocycles. The number of hydrogen-bond donors (Lipinski definition) is 2. The maximum atomic E-state index is 12.6. The summed E-state index contributed by atoms with van der Waals surface area (Å²) in [4.78, 5) is 19.4. The van der Waals surface area contributed by atoms with Crippen LogP contribution in [0.3, 0.4) is 0 Å². The van der Waals surface area contributed by atoms with Crippen molar-refractivity contribution in [2.24, 2.45) is 0 Å². The second-order valence-corrected chi connectivity index (χ2v) is 8.11. The molecule has 1 aromatic carbocycles. The lowest BCUT2D eigenvalue weighted by Gasteiger charge is -2.28. The first-order chi connectivity index (χ1) is 13.5. The zero-order chi connectivity index (χ0) is 20.0. The van der Waals surface area contributed by atoms with E-state index in [4.69, 9.17) is 4.74 Å². The highest BCUT2D eigenvalue weighted by Crippen LogP contribution is 2.24. The van der Waals surface area contributed by atoms with Crippen LogP contribution in [0.4, 0.5) is 10.5 Å². The Morgan fingerprint density at radius 2 is 1.82 bits per heavy atom. The van der Waals surface area contributed by atoms with E-state index in [0.29, 0.717) is 24.4 Å². The van der Waals surface area contributed by atoms with Gasteiger partial charge in [-0.1, -0.05) is 0 Å². The molecule has 28 heavy (non-hydrogen) atoms. The molecular formula is C18H22N4O5S. The fourth-order valence-electron chi connectivity index (χ4n) is 2.99. The normalized spacial score (nSPS) is 19.6. The van der Waals surface area contributed by atoms with Gasteiger partial charge in [0.15, 0.2) is 0 Å². The van der Waals surface area contributed by atoms with Crippen LogP contribution in [-0.2, 0) is 14.8 Å². The molecule has 0 saturated heterocycles. The third-order valence-electron chi connectivity index (χ3n) is 4.42. The molecule has 2 N–H and O–H groups in total. The van der Waals surface area contributed by atoms with Crippen LogP contribution in [0.25, 0.3) is 0 Å². The van der Waals surface area contributed by atoms with Crippen molar-refractivity contribution in [3.63, 3.8) is 0 Å². The van der Waals surface area contributed by atoms with Crippen molar-refractivity contribution < 1.29 is 22.7 Å². The number of carbonyl (C=O) groups is 1. The van der Waals surface area contributed by atoms with E-state index in [1.165, 1.54) is 31.4 Å². The molecule has 1 heterocycles. The summed E-state index contributed by atoms with van der Waals surface area (Å²) < 4.78 is 38.2. The van der Waals surface area contributed by atoms with Gasteiger partial charge < -0.3 is 9.47 Å². The minimum Gasteiger partial charge on any atom is -0.473 e. The Morgan fingerprint density at radius 3 is 2.43 bits per heavy atom. The first-order valence-corrected chi connectivity index (χ1v) is 10.3. The molecule has 0 unspecified atom stereocenters. The summed E-state index contributed by atoms with van der Waals surface area (Å²) in [6.07, 6.45) is 6.90. The van der Waals surface area contributed by atoms with Crippen LogP contribution in [0.2, 0.25) is 0 Å². The van der Waals surface area contributed by atoms with E-state index in [2.05, 4.69) is 24.7 Å². The SMILES string of the molecule is COC(=O)Nc1ccc(S(=O)(=O)NC2CCC(Oc3cnccn3)CC2)cc1. The number of ether oxygens (including phenoxy) is 2. The first-order valence-electron chi connectivity index (χ1n) is 8.86. The molecule has 0 aliphatic heterocycles. The summed E-state index contributed by atoms with van der Waals surface area (Å²) in [6.45, 7) is 0. The average Bonchev–Trinajstić information content (AvgIpc) is 2.70. The van der Waals surface area contributed by atoms with E-state index >= 15 is 0 Å². The van der Waals surface area contributed by atoms with Crippen molar-refractivity contribution in [1.29, 1.82) is 0 Å². The predicted molar refractivity (Wildman–Crippen MR) is 101 cm³/mol. The molecule has 9 nitrogen and oxygen atoms in total. The second-order valence-electron chi connectivity index (χ2n) is 6.40. The summed E-state index contributed by atoms with van der Waals surface area (Å²) >= 11 is 0. The smallest absolute Gasteiger partial charge is 0.411 e. The minimum absolute atomic E-state index is 0.00105. The van der Waals surface area contributed by atoms with Gasteiger partial charge in [-0.3, -0.25) is 10.3 Å². The lowest BCUT2D eigenvalue weighted by molar-refractivity contribution is 0.138. The molecule has 1 aliphatic rings. The summed E-state index contributed by atoms with van der Waals surface area (Å²) in [5.74, 6) is 0.479. The molecule has 0 radical (unpaired) electrons. The second kappa shape index (κ2) is 8.98. The lowest BCUT2D eigenvalue weighted by Crippen LogP contribution is -2.39. The number of methoxy groups -OCH3 is 1. The van der Waals surface area contributed by atoms with Crippen LogP contribution in [0.1, 0.15) is 25.7 Å². The molecule has 0 bridgehead atoms. The predicted octanol–water partition coefficient (Wildman–Crippen LogP) is 2.32. The number of rotatable bonds is 6. The van der Waals surface area contributed by atoms with Gasteiger partial charge in [-0.25, -0.2) is 22.9 Å². The van der Waals surface area contributed by atoms with Gasteiger partial charge in [-0.05, 0) is 49.9 Å². The average molecular weight is 406 g/mol. The number of anilines is 1. The first kappa shape index (κ1) is 20.0. The molecular weight excluding hydrogens is 384 g/mol. The standard InChI is InChI=1S/C18H22N4O5S/c1-26-18(23)21-13-4-8-16(9-5-13)28(24,25)22-14-2-6-15(7-3-14)27-17-12-19-10-11-20-17/h4-5,8-12,14-15,22H,2-3,6-7H2,1H3,(H,21,23). The molecule has 10 heteroatoms. The van der Waals surface area contributed by atoms with Gasteiger partial charge in [-0.15, -0.1) is 0 Å². The van der Waals surface area contributed by atoms with Crippen LogP contribution < -0.4 is 14.8 Å². The van der Waals surface area contributed by atoms with Crippen molar-refractivity contribution in [1.82, 2.24) is 14.7 Å². The highest BCUT2D eigenvalue weighted by molar-refractivity contribution is 7.89. The van der Waals surface area contributed by atoms with E-state index in [0.717, 1.165) is 12.8 Å². The van der Waals surface area contributed by atoms with Gasteiger partial charge in [0.2, 0.25) is 15.9 Å². The van der Waals surface area contributed by atoms with E-state index in [-0.39, 0.29) is 17.0 Å². The van der Waals surface area contributed by atoms with Gasteiger partial charge in [0.25, 0.3) is 0 Å².